The van der Waals surface area contributed by atoms with Crippen LogP contribution in [0.25, 0.3) is 11.0 Å². The van der Waals surface area contributed by atoms with Crippen LogP contribution in [0.1, 0.15) is 53.8 Å². The Morgan fingerprint density at radius 2 is 1.75 bits per heavy atom. The van der Waals surface area contributed by atoms with Crippen LogP contribution in [0.4, 0.5) is 10.5 Å². The second kappa shape index (κ2) is 14.8. The Balaban J connectivity index is 2.22. The zero-order chi connectivity index (χ0) is 30.0. The second-order valence-electron chi connectivity index (χ2n) is 10.9. The van der Waals surface area contributed by atoms with Crippen molar-refractivity contribution in [3.63, 3.8) is 0 Å². The monoisotopic (exact) mass is 563 g/mol. The van der Waals surface area contributed by atoms with Crippen LogP contribution in [-0.4, -0.2) is 88.3 Å². The van der Waals surface area contributed by atoms with Crippen molar-refractivity contribution in [3.8, 4) is 0 Å². The molecule has 40 heavy (non-hydrogen) atoms. The lowest BCUT2D eigenvalue weighted by Crippen LogP contribution is -2.54. The van der Waals surface area contributed by atoms with E-state index in [2.05, 4.69) is 10.6 Å². The first-order valence-corrected chi connectivity index (χ1v) is 13.7. The standard InChI is InChI=1S/C28H45N5O7/c1-8-39-26(37)20(30-25(36)24(18(2)3)31-27(38)40-28(4,5)6)10-12-23-29-21-17-19(9-11-22(21)32(23)7)33(13-15-34)14-16-35/h9,11,17-18,20,24,34-35H,8,10,12-16H2,1-7H3,(H,30,36)(H,31,38)/t20-,24-/m0/s1. The highest BCUT2D eigenvalue weighted by Gasteiger charge is 2.31. The van der Waals surface area contributed by atoms with E-state index in [0.717, 1.165) is 16.7 Å². The summed E-state index contributed by atoms with van der Waals surface area (Å²) in [7, 11) is 1.88. The van der Waals surface area contributed by atoms with Gasteiger partial charge in [-0.25, -0.2) is 14.6 Å². The van der Waals surface area contributed by atoms with Gasteiger partial charge in [0, 0.05) is 32.2 Å². The molecule has 2 amide bonds. The van der Waals surface area contributed by atoms with Crippen LogP contribution in [0.5, 0.6) is 0 Å². The summed E-state index contributed by atoms with van der Waals surface area (Å²) in [6.07, 6.45) is -0.121. The van der Waals surface area contributed by atoms with Crippen LogP contribution in [0, 0.1) is 5.92 Å². The first-order valence-electron chi connectivity index (χ1n) is 13.7. The van der Waals surface area contributed by atoms with Gasteiger partial charge in [-0.15, -0.1) is 0 Å². The Labute approximate surface area is 236 Å². The lowest BCUT2D eigenvalue weighted by atomic mass is 10.0. The smallest absolute Gasteiger partial charge is 0.408 e. The number of hydrogen-bond acceptors (Lipinski definition) is 9. The van der Waals surface area contributed by atoms with Gasteiger partial charge < -0.3 is 39.8 Å². The molecule has 0 aliphatic rings. The molecule has 0 bridgehead atoms. The number of amides is 2. The number of fused-ring (bicyclic) bond motifs is 1. The van der Waals surface area contributed by atoms with E-state index in [1.807, 2.05) is 34.7 Å². The number of imidazole rings is 1. The van der Waals surface area contributed by atoms with Gasteiger partial charge in [0.2, 0.25) is 5.91 Å². The number of anilines is 1. The molecule has 4 N–H and O–H groups in total. The van der Waals surface area contributed by atoms with Gasteiger partial charge in [0.05, 0.1) is 30.9 Å². The van der Waals surface area contributed by atoms with Crippen molar-refractivity contribution in [1.82, 2.24) is 20.2 Å². The fourth-order valence-electron chi connectivity index (χ4n) is 4.27. The first-order chi connectivity index (χ1) is 18.8. The van der Waals surface area contributed by atoms with Crippen LogP contribution in [0.2, 0.25) is 0 Å². The highest BCUT2D eigenvalue weighted by Crippen LogP contribution is 2.23. The van der Waals surface area contributed by atoms with E-state index in [1.165, 1.54) is 0 Å². The van der Waals surface area contributed by atoms with Crippen molar-refractivity contribution < 1.29 is 34.1 Å². The zero-order valence-corrected chi connectivity index (χ0v) is 24.7. The number of nitrogens with zero attached hydrogens (tertiary/aromatic N) is 3. The quantitative estimate of drug-likeness (QED) is 0.252. The Bertz CT molecular complexity index is 1140. The molecule has 1 aromatic carbocycles. The molecule has 1 aromatic heterocycles. The largest absolute Gasteiger partial charge is 0.464 e. The first kappa shape index (κ1) is 32.8. The fourth-order valence-corrected chi connectivity index (χ4v) is 4.27. The molecule has 12 nitrogen and oxygen atoms in total. The maximum atomic E-state index is 13.2. The predicted octanol–water partition coefficient (Wildman–Crippen LogP) is 1.89. The van der Waals surface area contributed by atoms with E-state index < -0.39 is 35.7 Å². The van der Waals surface area contributed by atoms with E-state index in [-0.39, 0.29) is 32.2 Å². The molecule has 0 spiro atoms. The highest BCUT2D eigenvalue weighted by molar-refractivity contribution is 5.90. The molecule has 0 saturated carbocycles. The Morgan fingerprint density at radius 1 is 1.10 bits per heavy atom. The van der Waals surface area contributed by atoms with Crippen molar-refractivity contribution in [2.75, 3.05) is 37.8 Å². The Morgan fingerprint density at radius 3 is 2.30 bits per heavy atom. The summed E-state index contributed by atoms with van der Waals surface area (Å²) in [5.41, 5.74) is 1.71. The van der Waals surface area contributed by atoms with Gasteiger partial charge in [-0.05, 0) is 58.2 Å². The molecule has 2 atom stereocenters. The van der Waals surface area contributed by atoms with Gasteiger partial charge in [-0.3, -0.25) is 4.79 Å². The third-order valence-electron chi connectivity index (χ3n) is 6.23. The molecule has 0 fully saturated rings. The number of nitrogens with one attached hydrogen (secondary N) is 2. The third kappa shape index (κ3) is 9.37. The molecule has 1 heterocycles. The van der Waals surface area contributed by atoms with Crippen LogP contribution < -0.4 is 15.5 Å². The van der Waals surface area contributed by atoms with Crippen LogP contribution in [-0.2, 0) is 32.5 Å². The minimum atomic E-state index is -0.950. The second-order valence-corrected chi connectivity index (χ2v) is 10.9. The molecule has 0 aliphatic carbocycles. The number of aryl methyl sites for hydroxylation is 2. The van der Waals surface area contributed by atoms with Crippen molar-refractivity contribution in [3.05, 3.63) is 24.0 Å². The molecule has 224 valence electrons. The molecule has 0 saturated heterocycles. The van der Waals surface area contributed by atoms with Crippen molar-refractivity contribution in [2.24, 2.45) is 13.0 Å². The molecular formula is C28H45N5O7. The minimum absolute atomic E-state index is 0.0442. The normalized spacial score (nSPS) is 13.2. The van der Waals surface area contributed by atoms with Crippen LogP contribution in [0.3, 0.4) is 0 Å². The summed E-state index contributed by atoms with van der Waals surface area (Å²) in [6, 6.07) is 3.86. The summed E-state index contributed by atoms with van der Waals surface area (Å²) in [5.74, 6) is -0.638. The topological polar surface area (TPSA) is 155 Å². The average Bonchev–Trinajstić information content (AvgIpc) is 3.18. The van der Waals surface area contributed by atoms with Crippen molar-refractivity contribution in [2.45, 2.75) is 72.1 Å². The molecule has 0 aliphatic heterocycles. The number of aromatic nitrogens is 2. The number of carbonyl (C=O) groups is 3. The molecule has 0 radical (unpaired) electrons. The molecule has 2 rings (SSSR count). The summed E-state index contributed by atoms with van der Waals surface area (Å²) >= 11 is 0. The number of aliphatic hydroxyl groups is 2. The number of carbonyl (C=O) groups excluding carboxylic acids is 3. The Kier molecular flexibility index (Phi) is 12.2. The molecule has 12 heteroatoms. The van der Waals surface area contributed by atoms with Crippen molar-refractivity contribution >= 4 is 34.7 Å². The lowest BCUT2D eigenvalue weighted by Gasteiger charge is -2.26. The summed E-state index contributed by atoms with van der Waals surface area (Å²) in [5, 5.41) is 24.1. The van der Waals surface area contributed by atoms with E-state index in [4.69, 9.17) is 14.5 Å². The third-order valence-corrected chi connectivity index (χ3v) is 6.23. The number of aliphatic hydroxyl groups excluding tert-OH is 2. The SMILES string of the molecule is CCOC(=O)[C@H](CCc1nc2cc(N(CCO)CCO)ccc2n1C)NC(=O)[C@@H](NC(=O)OC(C)(C)C)C(C)C. The summed E-state index contributed by atoms with van der Waals surface area (Å²) in [6.45, 7) is 11.3. The van der Waals surface area contributed by atoms with E-state index in [1.54, 1.807) is 41.5 Å². The number of benzene rings is 1. The lowest BCUT2D eigenvalue weighted by molar-refractivity contribution is -0.147. The maximum absolute atomic E-state index is 13.2. The van der Waals surface area contributed by atoms with E-state index in [0.29, 0.717) is 25.3 Å². The van der Waals surface area contributed by atoms with Gasteiger partial charge in [0.1, 0.15) is 23.5 Å². The van der Waals surface area contributed by atoms with E-state index in [9.17, 15) is 24.6 Å². The van der Waals surface area contributed by atoms with E-state index >= 15 is 0 Å². The van der Waals surface area contributed by atoms with Gasteiger partial charge in [-0.1, -0.05) is 13.8 Å². The average molecular weight is 564 g/mol. The zero-order valence-electron chi connectivity index (χ0n) is 24.7. The number of esters is 1. The van der Waals surface area contributed by atoms with Crippen molar-refractivity contribution in [1.29, 1.82) is 0 Å². The van der Waals surface area contributed by atoms with Crippen LogP contribution in [0.15, 0.2) is 18.2 Å². The molecule has 2 aromatic rings. The maximum Gasteiger partial charge on any atom is 0.408 e. The fraction of sp³-hybridized carbons (Fsp3) is 0.643. The van der Waals surface area contributed by atoms with Gasteiger partial charge in [-0.2, -0.15) is 0 Å². The number of alkyl carbamates (subject to hydrolysis) is 1. The van der Waals surface area contributed by atoms with Gasteiger partial charge in [0.15, 0.2) is 0 Å². The van der Waals surface area contributed by atoms with Crippen LogP contribution >= 0.6 is 0 Å². The molecular weight excluding hydrogens is 518 g/mol. The predicted molar refractivity (Wildman–Crippen MR) is 152 cm³/mol. The number of ether oxygens (including phenoxy) is 2. The summed E-state index contributed by atoms with van der Waals surface area (Å²) in [4.78, 5) is 44.9. The minimum Gasteiger partial charge on any atom is -0.464 e. The number of hydrogen-bond donors (Lipinski definition) is 4. The Hall–Kier alpha value is -3.38. The van der Waals surface area contributed by atoms with Gasteiger partial charge >= 0.3 is 12.1 Å². The summed E-state index contributed by atoms with van der Waals surface area (Å²) < 4.78 is 12.4. The number of rotatable bonds is 14. The molecule has 0 unspecified atom stereocenters. The highest BCUT2D eigenvalue weighted by atomic mass is 16.6. The van der Waals surface area contributed by atoms with Gasteiger partial charge in [0.25, 0.3) is 0 Å².